The molecule has 11 nitrogen and oxygen atoms in total. The van der Waals surface area contributed by atoms with E-state index in [4.69, 9.17) is 19.5 Å². The summed E-state index contributed by atoms with van der Waals surface area (Å²) in [6.45, 7) is 7.91. The van der Waals surface area contributed by atoms with Gasteiger partial charge in [0.15, 0.2) is 0 Å². The topological polar surface area (TPSA) is 146 Å². The average Bonchev–Trinajstić information content (AvgIpc) is 2.92. The van der Waals surface area contributed by atoms with E-state index in [1.807, 2.05) is 0 Å². The number of imide groups is 1. The van der Waals surface area contributed by atoms with Gasteiger partial charge in [0.1, 0.15) is 11.6 Å². The lowest BCUT2D eigenvalue weighted by molar-refractivity contribution is -0.145. The van der Waals surface area contributed by atoms with Crippen LogP contribution in [0.15, 0.2) is 12.2 Å². The van der Waals surface area contributed by atoms with E-state index in [-0.39, 0.29) is 25.9 Å². The number of hydrogen-bond acceptors (Lipinski definition) is 8. The Kier molecular flexibility index (Phi) is 9.20. The minimum atomic E-state index is -3.51. The Morgan fingerprint density at radius 1 is 1.13 bits per heavy atom. The zero-order valence-corrected chi connectivity index (χ0v) is 18.8. The van der Waals surface area contributed by atoms with Gasteiger partial charge < -0.3 is 24.4 Å². The molecule has 12 heteroatoms. The smallest absolute Gasteiger partial charge is 0.410 e. The Morgan fingerprint density at radius 3 is 2.03 bits per heavy atom. The number of nitrogens with two attached hydrogens (primary N) is 1. The maximum absolute atomic E-state index is 12.8. The van der Waals surface area contributed by atoms with Crippen LogP contribution in [-0.4, -0.2) is 77.7 Å². The van der Waals surface area contributed by atoms with Crippen molar-refractivity contribution in [3.05, 3.63) is 12.2 Å². The summed E-state index contributed by atoms with van der Waals surface area (Å²) in [4.78, 5) is 50.4. The predicted molar refractivity (Wildman–Crippen MR) is 108 cm³/mol. The first-order valence-corrected chi connectivity index (χ1v) is 11.3. The molecule has 0 aromatic heterocycles. The summed E-state index contributed by atoms with van der Waals surface area (Å²) in [5.74, 6) is -2.42. The Bertz CT molecular complexity index is 718. The monoisotopic (exact) mass is 447 g/mol. The van der Waals surface area contributed by atoms with Crippen molar-refractivity contribution in [3.8, 4) is 0 Å². The van der Waals surface area contributed by atoms with E-state index >= 15 is 0 Å². The summed E-state index contributed by atoms with van der Waals surface area (Å²) < 4.78 is 28.5. The van der Waals surface area contributed by atoms with Crippen LogP contribution in [0.3, 0.4) is 0 Å². The first-order valence-electron chi connectivity index (χ1n) is 9.54. The van der Waals surface area contributed by atoms with Crippen molar-refractivity contribution in [2.45, 2.75) is 46.3 Å². The van der Waals surface area contributed by atoms with Gasteiger partial charge in [-0.25, -0.2) is 4.79 Å². The van der Waals surface area contributed by atoms with Crippen LogP contribution in [0.2, 0.25) is 0 Å². The number of carbonyl (C=O) groups is 4. The third-order valence-electron chi connectivity index (χ3n) is 3.82. The first kappa shape index (κ1) is 25.8. The average molecular weight is 447 g/mol. The van der Waals surface area contributed by atoms with Crippen molar-refractivity contribution in [1.82, 2.24) is 9.80 Å². The van der Waals surface area contributed by atoms with Gasteiger partial charge in [-0.15, -0.1) is 0 Å². The van der Waals surface area contributed by atoms with E-state index in [0.29, 0.717) is 4.90 Å². The molecule has 2 N–H and O–H groups in total. The maximum Gasteiger partial charge on any atom is 0.410 e. The molecule has 0 aromatic rings. The highest BCUT2D eigenvalue weighted by atomic mass is 31.2. The highest BCUT2D eigenvalue weighted by Gasteiger charge is 2.38. The van der Waals surface area contributed by atoms with Gasteiger partial charge in [0, 0.05) is 18.7 Å². The Balaban J connectivity index is 3.11. The number of carbonyl (C=O) groups excluding carboxylic acids is 4. The second-order valence-electron chi connectivity index (χ2n) is 7.39. The molecule has 0 aromatic carbocycles. The van der Waals surface area contributed by atoms with Gasteiger partial charge in [0.25, 0.3) is 11.8 Å². The molecule has 1 heterocycles. The SMILES string of the molecule is CCOP(=O)(CCN(CC(C(N)=O)N1C(=O)C=CC1=O)C(=O)OC(C)(C)C)OCC. The van der Waals surface area contributed by atoms with Crippen LogP contribution in [0.4, 0.5) is 4.79 Å². The standard InChI is InChI=1S/C18H30N3O8P/c1-6-27-30(26,28-7-2)11-10-20(17(25)29-18(3,4)5)12-13(16(19)24)21-14(22)8-9-15(21)23/h8-9,13H,6-7,10-12H2,1-5H3,(H2,19,24). The minimum Gasteiger partial charge on any atom is -0.444 e. The summed E-state index contributed by atoms with van der Waals surface area (Å²) in [7, 11) is -3.51. The molecule has 1 aliphatic heterocycles. The van der Waals surface area contributed by atoms with Crippen LogP contribution in [-0.2, 0) is 32.7 Å². The number of rotatable bonds is 11. The number of amides is 4. The fraction of sp³-hybridized carbons (Fsp3) is 0.667. The molecule has 0 bridgehead atoms. The molecule has 0 saturated heterocycles. The number of ether oxygens (including phenoxy) is 1. The van der Waals surface area contributed by atoms with Gasteiger partial charge >= 0.3 is 13.7 Å². The lowest BCUT2D eigenvalue weighted by atomic mass is 10.2. The quantitative estimate of drug-likeness (QED) is 0.368. The highest BCUT2D eigenvalue weighted by Crippen LogP contribution is 2.47. The van der Waals surface area contributed by atoms with Crippen LogP contribution in [0.5, 0.6) is 0 Å². The van der Waals surface area contributed by atoms with Crippen molar-refractivity contribution in [2.75, 3.05) is 32.5 Å². The summed E-state index contributed by atoms with van der Waals surface area (Å²) in [6.07, 6.45) is 1.00. The number of hydrogen-bond donors (Lipinski definition) is 1. The van der Waals surface area contributed by atoms with Crippen molar-refractivity contribution in [2.24, 2.45) is 5.73 Å². The van der Waals surface area contributed by atoms with Crippen LogP contribution in [0.1, 0.15) is 34.6 Å². The molecule has 0 radical (unpaired) electrons. The third-order valence-corrected chi connectivity index (χ3v) is 5.87. The molecule has 30 heavy (non-hydrogen) atoms. The van der Waals surface area contributed by atoms with Crippen LogP contribution < -0.4 is 5.73 Å². The first-order chi connectivity index (χ1) is 13.8. The zero-order chi connectivity index (χ0) is 23.1. The lowest BCUT2D eigenvalue weighted by Gasteiger charge is -2.32. The maximum atomic E-state index is 12.8. The molecular formula is C18H30N3O8P. The molecule has 1 rings (SSSR count). The van der Waals surface area contributed by atoms with E-state index in [9.17, 15) is 23.7 Å². The predicted octanol–water partition coefficient (Wildman–Crippen LogP) is 1.27. The third kappa shape index (κ3) is 7.55. The number of primary amides is 1. The second kappa shape index (κ2) is 10.7. The largest absolute Gasteiger partial charge is 0.444 e. The lowest BCUT2D eigenvalue weighted by Crippen LogP contribution is -2.55. The van der Waals surface area contributed by atoms with E-state index in [0.717, 1.165) is 17.1 Å². The molecule has 4 amide bonds. The zero-order valence-electron chi connectivity index (χ0n) is 18.0. The Hall–Kier alpha value is -2.23. The second-order valence-corrected chi connectivity index (χ2v) is 9.58. The van der Waals surface area contributed by atoms with E-state index in [1.54, 1.807) is 34.6 Å². The molecule has 0 aliphatic carbocycles. The van der Waals surface area contributed by atoms with Gasteiger partial charge in [-0.05, 0) is 34.6 Å². The number of nitrogens with zero attached hydrogens (tertiary/aromatic N) is 2. The summed E-state index contributed by atoms with van der Waals surface area (Å²) in [5.41, 5.74) is 4.54. The molecule has 1 atom stereocenters. The fourth-order valence-corrected chi connectivity index (χ4v) is 4.22. The molecule has 1 aliphatic rings. The minimum absolute atomic E-state index is 0.135. The fourth-order valence-electron chi connectivity index (χ4n) is 2.61. The molecule has 0 fully saturated rings. The summed E-state index contributed by atoms with van der Waals surface area (Å²) in [5, 5.41) is 0. The van der Waals surface area contributed by atoms with E-state index < -0.39 is 49.6 Å². The molecule has 0 spiro atoms. The van der Waals surface area contributed by atoms with E-state index in [2.05, 4.69) is 0 Å². The molecule has 1 unspecified atom stereocenters. The van der Waals surface area contributed by atoms with Gasteiger partial charge in [-0.3, -0.25) is 23.8 Å². The van der Waals surface area contributed by atoms with Gasteiger partial charge in [-0.1, -0.05) is 0 Å². The normalized spacial score (nSPS) is 15.4. The summed E-state index contributed by atoms with van der Waals surface area (Å²) >= 11 is 0. The molecule has 0 saturated carbocycles. The molecular weight excluding hydrogens is 417 g/mol. The van der Waals surface area contributed by atoms with Crippen molar-refractivity contribution in [3.63, 3.8) is 0 Å². The summed E-state index contributed by atoms with van der Waals surface area (Å²) in [6, 6.07) is -1.42. The van der Waals surface area contributed by atoms with Gasteiger partial charge in [-0.2, -0.15) is 0 Å². The van der Waals surface area contributed by atoms with Crippen LogP contribution >= 0.6 is 7.60 Å². The van der Waals surface area contributed by atoms with E-state index in [1.165, 1.54) is 0 Å². The van der Waals surface area contributed by atoms with Crippen LogP contribution in [0.25, 0.3) is 0 Å². The van der Waals surface area contributed by atoms with Crippen molar-refractivity contribution in [1.29, 1.82) is 0 Å². The van der Waals surface area contributed by atoms with Gasteiger partial charge in [0.05, 0.1) is 25.9 Å². The van der Waals surface area contributed by atoms with Crippen LogP contribution in [0, 0.1) is 0 Å². The van der Waals surface area contributed by atoms with Crippen molar-refractivity contribution < 1.29 is 37.5 Å². The van der Waals surface area contributed by atoms with Gasteiger partial charge in [0.2, 0.25) is 5.91 Å². The Labute approximate surface area is 176 Å². The highest BCUT2D eigenvalue weighted by molar-refractivity contribution is 7.53. The van der Waals surface area contributed by atoms with Crippen molar-refractivity contribution >= 4 is 31.4 Å². The molecule has 170 valence electrons. The Morgan fingerprint density at radius 2 is 1.63 bits per heavy atom.